The fourth-order valence-corrected chi connectivity index (χ4v) is 3.00. The standard InChI is InChI=1S/C9H11O4PS/c1-3-7-15-14(10,11-2)13-8-9-5-4-6-12-9/h1,4-6H,7-8H2,2H3. The van der Waals surface area contributed by atoms with Gasteiger partial charge in [0.2, 0.25) is 0 Å². The van der Waals surface area contributed by atoms with Crippen LogP contribution in [-0.4, -0.2) is 12.9 Å². The lowest BCUT2D eigenvalue weighted by Crippen LogP contribution is -1.90. The second-order valence-electron chi connectivity index (χ2n) is 2.46. The van der Waals surface area contributed by atoms with E-state index in [9.17, 15) is 4.57 Å². The van der Waals surface area contributed by atoms with Crippen LogP contribution in [0.2, 0.25) is 0 Å². The van der Waals surface area contributed by atoms with Gasteiger partial charge in [0.25, 0.3) is 0 Å². The molecule has 0 amide bonds. The molecule has 0 aliphatic heterocycles. The highest BCUT2D eigenvalue weighted by Crippen LogP contribution is 2.60. The van der Waals surface area contributed by atoms with Crippen LogP contribution < -0.4 is 0 Å². The fourth-order valence-electron chi connectivity index (χ4n) is 0.796. The zero-order chi connectivity index (χ0) is 11.1. The molecule has 15 heavy (non-hydrogen) atoms. The predicted octanol–water partition coefficient (Wildman–Crippen LogP) is 2.92. The molecule has 1 heterocycles. The van der Waals surface area contributed by atoms with Crippen molar-refractivity contribution >= 4 is 18.2 Å². The van der Waals surface area contributed by atoms with Gasteiger partial charge in [-0.25, -0.2) is 4.57 Å². The van der Waals surface area contributed by atoms with E-state index < -0.39 is 6.80 Å². The van der Waals surface area contributed by atoms with Crippen molar-refractivity contribution in [3.8, 4) is 12.3 Å². The SMILES string of the molecule is C#CCSP(=O)(OC)OCc1ccco1. The van der Waals surface area contributed by atoms with Gasteiger partial charge in [0.15, 0.2) is 0 Å². The summed E-state index contributed by atoms with van der Waals surface area (Å²) in [7, 11) is 1.33. The summed E-state index contributed by atoms with van der Waals surface area (Å²) in [5.74, 6) is 3.23. The van der Waals surface area contributed by atoms with Crippen molar-refractivity contribution in [2.75, 3.05) is 12.9 Å². The maximum Gasteiger partial charge on any atom is 0.390 e. The third-order valence-corrected chi connectivity index (χ3v) is 5.08. The Morgan fingerprint density at radius 3 is 3.07 bits per heavy atom. The normalized spacial score (nSPS) is 14.4. The number of terminal acetylenes is 1. The second-order valence-corrected chi connectivity index (χ2v) is 6.64. The average Bonchev–Trinajstić information content (AvgIpc) is 2.76. The zero-order valence-electron chi connectivity index (χ0n) is 8.21. The monoisotopic (exact) mass is 246 g/mol. The highest BCUT2D eigenvalue weighted by molar-refractivity contribution is 8.55. The van der Waals surface area contributed by atoms with E-state index in [1.165, 1.54) is 13.4 Å². The summed E-state index contributed by atoms with van der Waals surface area (Å²) in [4.78, 5) is 0. The molecule has 0 fully saturated rings. The molecule has 1 aromatic rings. The summed E-state index contributed by atoms with van der Waals surface area (Å²) in [5, 5.41) is 0. The van der Waals surface area contributed by atoms with Crippen LogP contribution in [0.5, 0.6) is 0 Å². The maximum absolute atomic E-state index is 11.8. The Morgan fingerprint density at radius 2 is 2.53 bits per heavy atom. The Kier molecular flexibility index (Phi) is 5.00. The Hall–Kier alpha value is -0.660. The molecule has 1 rings (SSSR count). The molecule has 0 aromatic carbocycles. The van der Waals surface area contributed by atoms with Crippen molar-refractivity contribution in [3.05, 3.63) is 24.2 Å². The van der Waals surface area contributed by atoms with Gasteiger partial charge >= 0.3 is 6.80 Å². The van der Waals surface area contributed by atoms with Gasteiger partial charge in [0, 0.05) is 7.11 Å². The lowest BCUT2D eigenvalue weighted by Gasteiger charge is -2.12. The zero-order valence-corrected chi connectivity index (χ0v) is 9.92. The molecule has 0 radical (unpaired) electrons. The predicted molar refractivity (Wildman–Crippen MR) is 59.4 cm³/mol. The van der Waals surface area contributed by atoms with E-state index in [4.69, 9.17) is 19.9 Å². The Bertz CT molecular complexity index is 368. The van der Waals surface area contributed by atoms with Crippen LogP contribution in [0.3, 0.4) is 0 Å². The first kappa shape index (κ1) is 12.4. The molecule has 82 valence electrons. The van der Waals surface area contributed by atoms with Crippen molar-refractivity contribution < 1.29 is 18.0 Å². The van der Waals surface area contributed by atoms with Crippen LogP contribution >= 0.6 is 18.2 Å². The van der Waals surface area contributed by atoms with Gasteiger partial charge in [-0.05, 0) is 23.5 Å². The summed E-state index contributed by atoms with van der Waals surface area (Å²) in [6.45, 7) is -3.04. The number of rotatable bonds is 6. The molecule has 1 aromatic heterocycles. The minimum atomic E-state index is -3.14. The van der Waals surface area contributed by atoms with E-state index in [0.717, 1.165) is 11.4 Å². The highest BCUT2D eigenvalue weighted by atomic mass is 32.7. The van der Waals surface area contributed by atoms with Crippen LogP contribution in [0.1, 0.15) is 5.76 Å². The number of hydrogen-bond donors (Lipinski definition) is 0. The molecule has 6 heteroatoms. The summed E-state index contributed by atoms with van der Waals surface area (Å²) in [6.07, 6.45) is 6.58. The van der Waals surface area contributed by atoms with Crippen LogP contribution in [0.25, 0.3) is 0 Å². The first-order valence-electron chi connectivity index (χ1n) is 4.11. The van der Waals surface area contributed by atoms with E-state index in [0.29, 0.717) is 5.76 Å². The third kappa shape index (κ3) is 4.15. The van der Waals surface area contributed by atoms with Crippen molar-refractivity contribution in [2.24, 2.45) is 0 Å². The van der Waals surface area contributed by atoms with Gasteiger partial charge in [-0.15, -0.1) is 6.42 Å². The molecular formula is C9H11O4PS. The molecule has 1 atom stereocenters. The van der Waals surface area contributed by atoms with Gasteiger partial charge in [0.05, 0.1) is 12.0 Å². The first-order valence-corrected chi connectivity index (χ1v) is 7.24. The van der Waals surface area contributed by atoms with Gasteiger partial charge in [-0.2, -0.15) is 0 Å². The minimum Gasteiger partial charge on any atom is -0.467 e. The summed E-state index contributed by atoms with van der Waals surface area (Å²) in [5.41, 5.74) is 0. The number of furan rings is 1. The molecule has 0 aliphatic rings. The van der Waals surface area contributed by atoms with E-state index in [1.807, 2.05) is 0 Å². The van der Waals surface area contributed by atoms with Crippen molar-refractivity contribution in [1.82, 2.24) is 0 Å². The Labute approximate surface area is 92.6 Å². The van der Waals surface area contributed by atoms with Crippen LogP contribution in [0.15, 0.2) is 22.8 Å². The topological polar surface area (TPSA) is 48.7 Å². The van der Waals surface area contributed by atoms with Gasteiger partial charge in [-0.3, -0.25) is 4.52 Å². The smallest absolute Gasteiger partial charge is 0.390 e. The van der Waals surface area contributed by atoms with Gasteiger partial charge < -0.3 is 8.94 Å². The second kappa shape index (κ2) is 6.04. The highest BCUT2D eigenvalue weighted by Gasteiger charge is 2.23. The summed E-state index contributed by atoms with van der Waals surface area (Å²) in [6, 6.07) is 3.46. The lowest BCUT2D eigenvalue weighted by atomic mass is 10.5. The average molecular weight is 246 g/mol. The Morgan fingerprint density at radius 1 is 1.73 bits per heavy atom. The van der Waals surface area contributed by atoms with E-state index >= 15 is 0 Å². The number of hydrogen-bond acceptors (Lipinski definition) is 5. The molecule has 0 saturated heterocycles. The first-order chi connectivity index (χ1) is 7.20. The van der Waals surface area contributed by atoms with Gasteiger partial charge in [-0.1, -0.05) is 5.92 Å². The fraction of sp³-hybridized carbons (Fsp3) is 0.333. The van der Waals surface area contributed by atoms with E-state index in [1.54, 1.807) is 12.1 Å². The molecule has 4 nitrogen and oxygen atoms in total. The van der Waals surface area contributed by atoms with E-state index in [2.05, 4.69) is 5.92 Å². The molecule has 0 saturated carbocycles. The van der Waals surface area contributed by atoms with Crippen LogP contribution in [-0.2, 0) is 20.2 Å². The van der Waals surface area contributed by atoms with Crippen molar-refractivity contribution in [2.45, 2.75) is 6.61 Å². The third-order valence-electron chi connectivity index (χ3n) is 1.47. The van der Waals surface area contributed by atoms with Crippen LogP contribution in [0.4, 0.5) is 0 Å². The summed E-state index contributed by atoms with van der Waals surface area (Å²) >= 11 is 0.979. The van der Waals surface area contributed by atoms with Crippen molar-refractivity contribution in [1.29, 1.82) is 0 Å². The molecule has 1 unspecified atom stereocenters. The lowest BCUT2D eigenvalue weighted by molar-refractivity contribution is 0.223. The molecule has 0 aliphatic carbocycles. The molecule has 0 spiro atoms. The van der Waals surface area contributed by atoms with Crippen LogP contribution in [0, 0.1) is 12.3 Å². The van der Waals surface area contributed by atoms with Gasteiger partial charge in [0.1, 0.15) is 12.4 Å². The van der Waals surface area contributed by atoms with Crippen molar-refractivity contribution in [3.63, 3.8) is 0 Å². The minimum absolute atomic E-state index is 0.107. The molecular weight excluding hydrogens is 235 g/mol. The largest absolute Gasteiger partial charge is 0.467 e. The Balaban J connectivity index is 2.46. The maximum atomic E-state index is 11.8. The molecule has 0 bridgehead atoms. The molecule has 0 N–H and O–H groups in total. The van der Waals surface area contributed by atoms with E-state index in [-0.39, 0.29) is 12.4 Å². The quantitative estimate of drug-likeness (QED) is 0.570. The summed E-state index contributed by atoms with van der Waals surface area (Å²) < 4.78 is 26.8.